The summed E-state index contributed by atoms with van der Waals surface area (Å²) in [7, 11) is -2.05. The molecule has 1 aromatic rings. The van der Waals surface area contributed by atoms with E-state index in [0.29, 0.717) is 21.7 Å². The van der Waals surface area contributed by atoms with E-state index >= 15 is 0 Å². The number of anilines is 1. The molecule has 0 aromatic heterocycles. The summed E-state index contributed by atoms with van der Waals surface area (Å²) >= 11 is 9.05. The molecule has 0 heterocycles. The van der Waals surface area contributed by atoms with Gasteiger partial charge in [0.2, 0.25) is 10.0 Å². The zero-order valence-electron chi connectivity index (χ0n) is 10.4. The number of halogens is 2. The summed E-state index contributed by atoms with van der Waals surface area (Å²) in [6, 6.07) is 2.90. The molecule has 7 heteroatoms. The van der Waals surface area contributed by atoms with Crippen molar-refractivity contribution in [1.82, 2.24) is 4.31 Å². The molecule has 0 fully saturated rings. The van der Waals surface area contributed by atoms with E-state index < -0.39 is 10.0 Å². The molecular weight excluding hydrogens is 340 g/mol. The first-order valence-corrected chi connectivity index (χ1v) is 7.98. The molecule has 0 amide bonds. The first-order valence-electron chi connectivity index (χ1n) is 5.37. The van der Waals surface area contributed by atoms with Crippen LogP contribution in [0.4, 0.5) is 5.69 Å². The Labute approximate surface area is 121 Å². The highest BCUT2D eigenvalue weighted by atomic mass is 79.9. The first-order chi connectivity index (χ1) is 8.16. The topological polar surface area (TPSA) is 63.4 Å². The number of hydrogen-bond donors (Lipinski definition) is 1. The second-order valence-corrected chi connectivity index (χ2v) is 7.73. The van der Waals surface area contributed by atoms with Gasteiger partial charge in [-0.2, -0.15) is 0 Å². The SMILES string of the molecule is CC(C)CN(C)S(=O)(=O)c1cc(Cl)cc(N)c1Br. The van der Waals surface area contributed by atoms with E-state index in [2.05, 4.69) is 15.9 Å². The summed E-state index contributed by atoms with van der Waals surface area (Å²) in [5.74, 6) is 0.236. The fourth-order valence-corrected chi connectivity index (χ4v) is 4.14. The van der Waals surface area contributed by atoms with Crippen LogP contribution in [0.3, 0.4) is 0 Å². The molecule has 0 spiro atoms. The van der Waals surface area contributed by atoms with Crippen molar-refractivity contribution in [3.05, 3.63) is 21.6 Å². The summed E-state index contributed by atoms with van der Waals surface area (Å²) in [5.41, 5.74) is 6.01. The predicted molar refractivity (Wildman–Crippen MR) is 78.2 cm³/mol. The van der Waals surface area contributed by atoms with E-state index in [-0.39, 0.29) is 10.8 Å². The molecule has 1 aromatic carbocycles. The summed E-state index contributed by atoms with van der Waals surface area (Å²) in [6.45, 7) is 4.34. The average Bonchev–Trinajstić information content (AvgIpc) is 2.22. The maximum atomic E-state index is 12.4. The molecule has 0 saturated carbocycles. The monoisotopic (exact) mass is 354 g/mol. The Kier molecular flexibility index (Phi) is 5.05. The van der Waals surface area contributed by atoms with Gasteiger partial charge in [-0.25, -0.2) is 12.7 Å². The van der Waals surface area contributed by atoms with Crippen LogP contribution in [0, 0.1) is 5.92 Å². The van der Waals surface area contributed by atoms with Gasteiger partial charge < -0.3 is 5.73 Å². The van der Waals surface area contributed by atoms with Crippen molar-refractivity contribution in [2.45, 2.75) is 18.7 Å². The van der Waals surface area contributed by atoms with Crippen LogP contribution in [0.15, 0.2) is 21.5 Å². The van der Waals surface area contributed by atoms with Gasteiger partial charge in [-0.1, -0.05) is 25.4 Å². The fourth-order valence-electron chi connectivity index (χ4n) is 1.55. The number of hydrogen-bond acceptors (Lipinski definition) is 3. The molecule has 4 nitrogen and oxygen atoms in total. The molecule has 2 N–H and O–H groups in total. The minimum absolute atomic E-state index is 0.0932. The van der Waals surface area contributed by atoms with Crippen molar-refractivity contribution in [1.29, 1.82) is 0 Å². The molecule has 0 radical (unpaired) electrons. The third kappa shape index (κ3) is 3.38. The van der Waals surface area contributed by atoms with Crippen LogP contribution < -0.4 is 5.73 Å². The van der Waals surface area contributed by atoms with Gasteiger partial charge in [0.1, 0.15) is 0 Å². The maximum absolute atomic E-state index is 12.4. The Morgan fingerprint density at radius 3 is 2.50 bits per heavy atom. The van der Waals surface area contributed by atoms with E-state index in [1.165, 1.54) is 16.4 Å². The number of nitrogens with zero attached hydrogens (tertiary/aromatic N) is 1. The van der Waals surface area contributed by atoms with Crippen molar-refractivity contribution in [2.24, 2.45) is 5.92 Å². The summed E-state index contributed by atoms with van der Waals surface area (Å²) < 4.78 is 26.4. The summed E-state index contributed by atoms with van der Waals surface area (Å²) in [5, 5.41) is 0.298. The third-order valence-corrected chi connectivity index (χ3v) is 5.56. The van der Waals surface area contributed by atoms with Crippen molar-refractivity contribution in [3.63, 3.8) is 0 Å². The largest absolute Gasteiger partial charge is 0.398 e. The van der Waals surface area contributed by atoms with Crippen molar-refractivity contribution < 1.29 is 8.42 Å². The molecule has 0 aliphatic heterocycles. The first kappa shape index (κ1) is 15.8. The molecule has 102 valence electrons. The van der Waals surface area contributed by atoms with Crippen LogP contribution in [0.1, 0.15) is 13.8 Å². The zero-order valence-corrected chi connectivity index (χ0v) is 13.6. The summed E-state index contributed by atoms with van der Waals surface area (Å²) in [6.07, 6.45) is 0. The molecule has 0 aliphatic rings. The zero-order chi connectivity index (χ0) is 14.1. The lowest BCUT2D eigenvalue weighted by atomic mass is 10.2. The van der Waals surface area contributed by atoms with Crippen molar-refractivity contribution in [2.75, 3.05) is 19.3 Å². The van der Waals surface area contributed by atoms with Crippen molar-refractivity contribution in [3.8, 4) is 0 Å². The standard InChI is InChI=1S/C11H16BrClN2O2S/c1-7(2)6-15(3)18(16,17)10-5-8(13)4-9(14)11(10)12/h4-5,7H,6,14H2,1-3H3. The Morgan fingerprint density at radius 2 is 2.00 bits per heavy atom. The van der Waals surface area contributed by atoms with Gasteiger partial charge in [-0.15, -0.1) is 0 Å². The van der Waals surface area contributed by atoms with E-state index in [0.717, 1.165) is 0 Å². The second-order valence-electron chi connectivity index (χ2n) is 4.49. The Bertz CT molecular complexity index is 546. The van der Waals surface area contributed by atoms with Crippen LogP contribution in [-0.4, -0.2) is 26.3 Å². The lowest BCUT2D eigenvalue weighted by Gasteiger charge is -2.20. The van der Waals surface area contributed by atoms with Crippen LogP contribution in [0.25, 0.3) is 0 Å². The molecule has 0 saturated heterocycles. The highest BCUT2D eigenvalue weighted by Crippen LogP contribution is 2.33. The van der Waals surface area contributed by atoms with Gasteiger partial charge in [-0.05, 0) is 34.0 Å². The van der Waals surface area contributed by atoms with Crippen LogP contribution in [-0.2, 0) is 10.0 Å². The molecule has 0 aliphatic carbocycles. The van der Waals surface area contributed by atoms with Crippen LogP contribution in [0.2, 0.25) is 5.02 Å². The van der Waals surface area contributed by atoms with Gasteiger partial charge in [0.05, 0.1) is 9.37 Å². The second kappa shape index (κ2) is 5.77. The minimum atomic E-state index is -3.59. The highest BCUT2D eigenvalue weighted by molar-refractivity contribution is 9.10. The molecule has 0 atom stereocenters. The highest BCUT2D eigenvalue weighted by Gasteiger charge is 2.25. The lowest BCUT2D eigenvalue weighted by Crippen LogP contribution is -2.30. The van der Waals surface area contributed by atoms with Gasteiger partial charge in [0, 0.05) is 24.3 Å². The number of sulfonamides is 1. The number of benzene rings is 1. The quantitative estimate of drug-likeness (QED) is 0.845. The van der Waals surface area contributed by atoms with E-state index in [1.54, 1.807) is 7.05 Å². The van der Waals surface area contributed by atoms with Gasteiger partial charge in [-0.3, -0.25) is 0 Å². The average molecular weight is 356 g/mol. The lowest BCUT2D eigenvalue weighted by molar-refractivity contribution is 0.417. The number of nitrogen functional groups attached to an aromatic ring is 1. The summed E-state index contributed by atoms with van der Waals surface area (Å²) in [4.78, 5) is 0.0932. The molecule has 0 bridgehead atoms. The van der Waals surface area contributed by atoms with Crippen LogP contribution in [0.5, 0.6) is 0 Å². The van der Waals surface area contributed by atoms with Gasteiger partial charge in [0.15, 0.2) is 0 Å². The van der Waals surface area contributed by atoms with Gasteiger partial charge >= 0.3 is 0 Å². The van der Waals surface area contributed by atoms with E-state index in [1.807, 2.05) is 13.8 Å². The van der Waals surface area contributed by atoms with E-state index in [4.69, 9.17) is 17.3 Å². The van der Waals surface area contributed by atoms with Gasteiger partial charge in [0.25, 0.3) is 0 Å². The Morgan fingerprint density at radius 1 is 1.44 bits per heavy atom. The molecular formula is C11H16BrClN2O2S. The van der Waals surface area contributed by atoms with Crippen LogP contribution >= 0.6 is 27.5 Å². The normalized spacial score (nSPS) is 12.4. The van der Waals surface area contributed by atoms with Crippen molar-refractivity contribution >= 4 is 43.2 Å². The van der Waals surface area contributed by atoms with E-state index in [9.17, 15) is 8.42 Å². The molecule has 1 rings (SSSR count). The maximum Gasteiger partial charge on any atom is 0.244 e. The third-order valence-electron chi connectivity index (χ3n) is 2.34. The minimum Gasteiger partial charge on any atom is -0.398 e. The number of rotatable bonds is 4. The Balaban J connectivity index is 3.29. The fraction of sp³-hybridized carbons (Fsp3) is 0.455. The molecule has 18 heavy (non-hydrogen) atoms. The number of nitrogens with two attached hydrogens (primary N) is 1. The molecule has 0 unspecified atom stereocenters. The Hall–Kier alpha value is -0.300. The smallest absolute Gasteiger partial charge is 0.244 e. The predicted octanol–water partition coefficient (Wildman–Crippen LogP) is 2.96.